The van der Waals surface area contributed by atoms with E-state index in [4.69, 9.17) is 14.2 Å². The third-order valence-electron chi connectivity index (χ3n) is 4.66. The number of aldehydes is 1. The summed E-state index contributed by atoms with van der Waals surface area (Å²) in [6.07, 6.45) is 4.06. The highest BCUT2D eigenvalue weighted by atomic mass is 16.5. The van der Waals surface area contributed by atoms with Crippen molar-refractivity contribution in [3.8, 4) is 11.5 Å². The van der Waals surface area contributed by atoms with E-state index in [0.29, 0.717) is 30.3 Å². The molecular formula is C23H25N3O4. The largest absolute Gasteiger partial charge is 0.497 e. The number of nitrogens with zero attached hydrogens (tertiary/aromatic N) is 2. The van der Waals surface area contributed by atoms with Gasteiger partial charge < -0.3 is 19.1 Å². The van der Waals surface area contributed by atoms with Crippen LogP contribution in [-0.4, -0.2) is 38.4 Å². The Morgan fingerprint density at radius 1 is 0.867 bits per heavy atom. The number of benzene rings is 2. The maximum atomic E-state index is 11.8. The molecule has 156 valence electrons. The molecular weight excluding hydrogens is 382 g/mol. The summed E-state index contributed by atoms with van der Waals surface area (Å²) in [5, 5.41) is 4.42. The molecule has 0 saturated carbocycles. The zero-order valence-corrected chi connectivity index (χ0v) is 17.3. The van der Waals surface area contributed by atoms with Gasteiger partial charge in [0.05, 0.1) is 33.1 Å². The lowest BCUT2D eigenvalue weighted by Gasteiger charge is -2.26. The van der Waals surface area contributed by atoms with E-state index in [-0.39, 0.29) is 0 Å². The number of carbonyl (C=O) groups excluding carboxylic acids is 1. The van der Waals surface area contributed by atoms with E-state index in [1.165, 1.54) is 0 Å². The van der Waals surface area contributed by atoms with Gasteiger partial charge in [0.1, 0.15) is 17.3 Å². The molecule has 0 atom stereocenters. The van der Waals surface area contributed by atoms with Gasteiger partial charge in [0.15, 0.2) is 12.1 Å². The number of allylic oxidation sites excluding steroid dienone is 1. The maximum absolute atomic E-state index is 11.8. The van der Waals surface area contributed by atoms with Gasteiger partial charge in [0.25, 0.3) is 0 Å². The van der Waals surface area contributed by atoms with Crippen LogP contribution in [-0.2, 0) is 22.6 Å². The number of hydrogen-bond acceptors (Lipinski definition) is 7. The summed E-state index contributed by atoms with van der Waals surface area (Å²) in [6.45, 7) is 1.09. The van der Waals surface area contributed by atoms with Gasteiger partial charge in [-0.05, 0) is 41.5 Å². The minimum atomic E-state index is 0.426. The van der Waals surface area contributed by atoms with Crippen LogP contribution in [0.3, 0.4) is 0 Å². The van der Waals surface area contributed by atoms with Gasteiger partial charge in [0.2, 0.25) is 0 Å². The molecule has 2 aromatic carbocycles. The molecule has 0 aliphatic carbocycles. The summed E-state index contributed by atoms with van der Waals surface area (Å²) in [5.74, 6) is 2.62. The first kappa shape index (κ1) is 21.0. The van der Waals surface area contributed by atoms with E-state index in [1.807, 2.05) is 53.4 Å². The second-order valence-electron chi connectivity index (χ2n) is 6.59. The fourth-order valence-electron chi connectivity index (χ4n) is 3.05. The summed E-state index contributed by atoms with van der Waals surface area (Å²) in [5.41, 5.74) is 5.40. The number of hydrazone groups is 1. The van der Waals surface area contributed by atoms with Gasteiger partial charge in [-0.2, -0.15) is 5.10 Å². The summed E-state index contributed by atoms with van der Waals surface area (Å²) >= 11 is 0. The van der Waals surface area contributed by atoms with Crippen molar-refractivity contribution in [3.05, 3.63) is 83.3 Å². The average molecular weight is 407 g/mol. The van der Waals surface area contributed by atoms with Crippen molar-refractivity contribution in [3.63, 3.8) is 0 Å². The molecule has 0 amide bonds. The van der Waals surface area contributed by atoms with Gasteiger partial charge in [-0.15, -0.1) is 0 Å². The number of ether oxygens (including phenoxy) is 3. The highest BCUT2D eigenvalue weighted by Gasteiger charge is 2.19. The van der Waals surface area contributed by atoms with Crippen molar-refractivity contribution in [1.29, 1.82) is 0 Å². The Balaban J connectivity index is 1.92. The number of rotatable bonds is 8. The summed E-state index contributed by atoms with van der Waals surface area (Å²) < 4.78 is 15.8. The molecule has 0 bridgehead atoms. The van der Waals surface area contributed by atoms with E-state index >= 15 is 0 Å². The fourth-order valence-corrected chi connectivity index (χ4v) is 3.05. The lowest BCUT2D eigenvalue weighted by Crippen LogP contribution is -2.33. The molecule has 1 heterocycles. The molecule has 0 radical (unpaired) electrons. The summed E-state index contributed by atoms with van der Waals surface area (Å²) in [6, 6.07) is 15.6. The highest BCUT2D eigenvalue weighted by molar-refractivity contribution is 6.13. The lowest BCUT2D eigenvalue weighted by atomic mass is 10.1. The van der Waals surface area contributed by atoms with Crippen molar-refractivity contribution in [2.24, 2.45) is 5.10 Å². The van der Waals surface area contributed by atoms with Crippen LogP contribution in [0, 0.1) is 0 Å². The molecule has 0 saturated heterocycles. The van der Waals surface area contributed by atoms with Crippen LogP contribution in [0.4, 0.5) is 0 Å². The standard InChI is InChI=1S/C23H25N3O4/c1-28-20-8-4-17(5-9-20)14-26(15-18-6-10-21(29-2)11-7-18)23-19(16-27)12-22(30-3)13-24-25-23/h4-13,16,24H,14-15H2,1-3H3. The number of carbonyl (C=O) groups is 1. The molecule has 2 aromatic rings. The van der Waals surface area contributed by atoms with Crippen LogP contribution in [0.5, 0.6) is 11.5 Å². The van der Waals surface area contributed by atoms with Crippen LogP contribution in [0.2, 0.25) is 0 Å². The molecule has 30 heavy (non-hydrogen) atoms. The first-order valence-electron chi connectivity index (χ1n) is 9.42. The van der Waals surface area contributed by atoms with E-state index in [0.717, 1.165) is 28.9 Å². The quantitative estimate of drug-likeness (QED) is 0.678. The van der Waals surface area contributed by atoms with E-state index in [9.17, 15) is 4.79 Å². The van der Waals surface area contributed by atoms with Gasteiger partial charge in [0, 0.05) is 13.1 Å². The van der Waals surface area contributed by atoms with Crippen molar-refractivity contribution in [2.75, 3.05) is 21.3 Å². The fraction of sp³-hybridized carbons (Fsp3) is 0.217. The minimum Gasteiger partial charge on any atom is -0.497 e. The summed E-state index contributed by atoms with van der Waals surface area (Å²) in [4.78, 5) is 13.9. The smallest absolute Gasteiger partial charge is 0.160 e. The second kappa shape index (κ2) is 10.2. The predicted molar refractivity (Wildman–Crippen MR) is 115 cm³/mol. The van der Waals surface area contributed by atoms with Crippen LogP contribution in [0.15, 0.2) is 77.2 Å². The summed E-state index contributed by atoms with van der Waals surface area (Å²) in [7, 11) is 4.82. The van der Waals surface area contributed by atoms with Crippen molar-refractivity contribution in [2.45, 2.75) is 13.1 Å². The SMILES string of the molecule is COC1=CNN=C(N(Cc2ccc(OC)cc2)Cc2ccc(OC)cc2)C(C=O)=C1. The topological polar surface area (TPSA) is 72.4 Å². The van der Waals surface area contributed by atoms with E-state index in [1.54, 1.807) is 33.6 Å². The molecule has 1 aliphatic rings. The Labute approximate surface area is 176 Å². The molecule has 7 nitrogen and oxygen atoms in total. The molecule has 1 aliphatic heterocycles. The van der Waals surface area contributed by atoms with Crippen molar-refractivity contribution < 1.29 is 19.0 Å². The monoisotopic (exact) mass is 407 g/mol. The number of amidine groups is 1. The van der Waals surface area contributed by atoms with Gasteiger partial charge in [-0.25, -0.2) is 0 Å². The molecule has 0 aromatic heterocycles. The number of nitrogens with one attached hydrogen (secondary N) is 1. The normalized spacial score (nSPS) is 13.1. The van der Waals surface area contributed by atoms with Crippen LogP contribution < -0.4 is 14.9 Å². The van der Waals surface area contributed by atoms with Crippen LogP contribution >= 0.6 is 0 Å². The zero-order valence-electron chi connectivity index (χ0n) is 17.3. The molecule has 0 fully saturated rings. The first-order chi connectivity index (χ1) is 14.7. The Hall–Kier alpha value is -3.74. The van der Waals surface area contributed by atoms with Crippen molar-refractivity contribution in [1.82, 2.24) is 10.3 Å². The predicted octanol–water partition coefficient (Wildman–Crippen LogP) is 3.24. The zero-order chi connectivity index (χ0) is 21.3. The second-order valence-corrected chi connectivity index (χ2v) is 6.59. The maximum Gasteiger partial charge on any atom is 0.160 e. The number of methoxy groups -OCH3 is 3. The highest BCUT2D eigenvalue weighted by Crippen LogP contribution is 2.20. The third-order valence-corrected chi connectivity index (χ3v) is 4.66. The van der Waals surface area contributed by atoms with E-state index < -0.39 is 0 Å². The Bertz CT molecular complexity index is 898. The molecule has 0 unspecified atom stereocenters. The molecule has 7 heteroatoms. The van der Waals surface area contributed by atoms with Crippen molar-refractivity contribution >= 4 is 12.1 Å². The van der Waals surface area contributed by atoms with E-state index in [2.05, 4.69) is 10.5 Å². The van der Waals surface area contributed by atoms with Gasteiger partial charge in [-0.3, -0.25) is 10.2 Å². The minimum absolute atomic E-state index is 0.426. The van der Waals surface area contributed by atoms with Gasteiger partial charge in [-0.1, -0.05) is 24.3 Å². The number of hydrogen-bond donors (Lipinski definition) is 1. The van der Waals surface area contributed by atoms with Crippen LogP contribution in [0.25, 0.3) is 0 Å². The Morgan fingerprint density at radius 3 is 1.83 bits per heavy atom. The molecule has 1 N–H and O–H groups in total. The Morgan fingerprint density at radius 2 is 1.40 bits per heavy atom. The van der Waals surface area contributed by atoms with Gasteiger partial charge >= 0.3 is 0 Å². The Kier molecular flexibility index (Phi) is 7.10. The van der Waals surface area contributed by atoms with Crippen LogP contribution in [0.1, 0.15) is 11.1 Å². The molecule has 0 spiro atoms. The molecule has 3 rings (SSSR count). The first-order valence-corrected chi connectivity index (χ1v) is 9.42. The average Bonchev–Trinajstić information content (AvgIpc) is 3.01. The lowest BCUT2D eigenvalue weighted by molar-refractivity contribution is -0.104. The third kappa shape index (κ3) is 5.20.